The van der Waals surface area contributed by atoms with Gasteiger partial charge in [0.1, 0.15) is 5.82 Å². The predicted molar refractivity (Wildman–Crippen MR) is 58.3 cm³/mol. The van der Waals surface area contributed by atoms with Crippen LogP contribution in [0, 0.1) is 5.82 Å². The largest absolute Gasteiger partial charge is 0.351 e. The fourth-order valence-electron chi connectivity index (χ4n) is 1.21. The van der Waals surface area contributed by atoms with Gasteiger partial charge >= 0.3 is 5.38 Å². The molecule has 0 amide bonds. The fraction of sp³-hybridized carbons (Fsp3) is 0.400. The Bertz CT molecular complexity index is 336. The highest BCUT2D eigenvalue weighted by Gasteiger charge is 2.31. The summed E-state index contributed by atoms with van der Waals surface area (Å²) < 4.78 is 38.4. The standard InChI is InChI=1S/C10H9BrClF3/c11-5-1-2-7-3-4-8(9(13)6-7)10(12,14)15/h3-4,6H,1-2,5H2. The van der Waals surface area contributed by atoms with Crippen LogP contribution in [0.25, 0.3) is 0 Å². The zero-order chi connectivity index (χ0) is 11.5. The van der Waals surface area contributed by atoms with Gasteiger partial charge in [0.25, 0.3) is 0 Å². The van der Waals surface area contributed by atoms with Crippen LogP contribution in [0.15, 0.2) is 18.2 Å². The summed E-state index contributed by atoms with van der Waals surface area (Å²) in [5, 5.41) is -2.85. The van der Waals surface area contributed by atoms with Crippen LogP contribution in [0.2, 0.25) is 0 Å². The van der Waals surface area contributed by atoms with Gasteiger partial charge in [0, 0.05) is 5.33 Å². The van der Waals surface area contributed by atoms with Crippen LogP contribution in [0.1, 0.15) is 17.5 Å². The molecule has 0 aliphatic carbocycles. The lowest BCUT2D eigenvalue weighted by atomic mass is 10.1. The molecule has 0 saturated carbocycles. The smallest absolute Gasteiger partial charge is 0.206 e. The molecule has 0 aliphatic heterocycles. The molecule has 1 aromatic rings. The van der Waals surface area contributed by atoms with Crippen LogP contribution in [-0.2, 0) is 11.8 Å². The Labute approximate surface area is 99.6 Å². The fourth-order valence-corrected chi connectivity index (χ4v) is 1.65. The minimum Gasteiger partial charge on any atom is -0.206 e. The van der Waals surface area contributed by atoms with Gasteiger partial charge in [-0.1, -0.05) is 22.0 Å². The molecule has 1 rings (SSSR count). The van der Waals surface area contributed by atoms with Crippen LogP contribution < -0.4 is 0 Å². The van der Waals surface area contributed by atoms with Crippen molar-refractivity contribution >= 4 is 27.5 Å². The zero-order valence-electron chi connectivity index (χ0n) is 7.74. The van der Waals surface area contributed by atoms with Gasteiger partial charge in [-0.15, -0.1) is 0 Å². The SMILES string of the molecule is Fc1cc(CCCBr)ccc1C(F)(F)Cl. The Hall–Kier alpha value is -0.220. The summed E-state index contributed by atoms with van der Waals surface area (Å²) in [5.74, 6) is -0.956. The Morgan fingerprint density at radius 2 is 2.00 bits per heavy atom. The van der Waals surface area contributed by atoms with Gasteiger partial charge in [0.2, 0.25) is 0 Å². The summed E-state index contributed by atoms with van der Waals surface area (Å²) in [4.78, 5) is 0. The van der Waals surface area contributed by atoms with E-state index in [1.165, 1.54) is 6.07 Å². The summed E-state index contributed by atoms with van der Waals surface area (Å²) in [5.41, 5.74) is -0.0802. The molecular weight excluding hydrogens is 292 g/mol. The minimum atomic E-state index is -3.64. The van der Waals surface area contributed by atoms with Crippen molar-refractivity contribution in [2.75, 3.05) is 5.33 Å². The molecule has 0 unspecified atom stereocenters. The first-order valence-electron chi connectivity index (χ1n) is 4.36. The summed E-state index contributed by atoms with van der Waals surface area (Å²) in [7, 11) is 0. The van der Waals surface area contributed by atoms with Crippen molar-refractivity contribution in [2.24, 2.45) is 0 Å². The molecule has 0 nitrogen and oxygen atoms in total. The van der Waals surface area contributed by atoms with Gasteiger partial charge in [-0.25, -0.2) is 4.39 Å². The lowest BCUT2D eigenvalue weighted by Gasteiger charge is -2.10. The third kappa shape index (κ3) is 3.68. The van der Waals surface area contributed by atoms with Gasteiger partial charge in [0.15, 0.2) is 0 Å². The molecule has 5 heteroatoms. The van der Waals surface area contributed by atoms with Crippen LogP contribution >= 0.6 is 27.5 Å². The van der Waals surface area contributed by atoms with Crippen molar-refractivity contribution in [3.8, 4) is 0 Å². The minimum absolute atomic E-state index is 0.649. The van der Waals surface area contributed by atoms with Crippen molar-refractivity contribution in [2.45, 2.75) is 18.2 Å². The quantitative estimate of drug-likeness (QED) is 0.721. The van der Waals surface area contributed by atoms with Crippen molar-refractivity contribution in [3.05, 3.63) is 35.1 Å². The number of alkyl halides is 4. The van der Waals surface area contributed by atoms with E-state index in [-0.39, 0.29) is 0 Å². The van der Waals surface area contributed by atoms with Crippen molar-refractivity contribution < 1.29 is 13.2 Å². The molecular formula is C10H9BrClF3. The topological polar surface area (TPSA) is 0 Å². The van der Waals surface area contributed by atoms with Crippen molar-refractivity contribution in [1.29, 1.82) is 0 Å². The molecule has 0 aliphatic rings. The van der Waals surface area contributed by atoms with Crippen molar-refractivity contribution in [3.63, 3.8) is 0 Å². The van der Waals surface area contributed by atoms with E-state index in [0.717, 1.165) is 23.9 Å². The average molecular weight is 302 g/mol. The summed E-state index contributed by atoms with van der Waals surface area (Å²) in [6.07, 6.45) is 1.48. The molecule has 0 fully saturated rings. The molecule has 0 bridgehead atoms. The maximum atomic E-state index is 13.2. The lowest BCUT2D eigenvalue weighted by Crippen LogP contribution is -2.07. The predicted octanol–water partition coefficient (Wildman–Crippen LogP) is 4.44. The maximum absolute atomic E-state index is 13.2. The van der Waals surface area contributed by atoms with Gasteiger partial charge in [-0.3, -0.25) is 0 Å². The summed E-state index contributed by atoms with van der Waals surface area (Å²) in [6.45, 7) is 0. The molecule has 0 aromatic heterocycles. The van der Waals surface area contributed by atoms with E-state index in [4.69, 9.17) is 11.6 Å². The van der Waals surface area contributed by atoms with Gasteiger partial charge in [-0.2, -0.15) is 8.78 Å². The van der Waals surface area contributed by atoms with E-state index >= 15 is 0 Å². The highest BCUT2D eigenvalue weighted by molar-refractivity contribution is 9.09. The second-order valence-corrected chi connectivity index (χ2v) is 4.37. The van der Waals surface area contributed by atoms with Gasteiger partial charge in [-0.05, 0) is 42.1 Å². The molecule has 0 heterocycles. The molecule has 84 valence electrons. The van der Waals surface area contributed by atoms with Crippen LogP contribution in [0.5, 0.6) is 0 Å². The number of hydrogen-bond donors (Lipinski definition) is 0. The van der Waals surface area contributed by atoms with E-state index in [9.17, 15) is 13.2 Å². The molecule has 0 atom stereocenters. The third-order valence-electron chi connectivity index (χ3n) is 1.94. The average Bonchev–Trinajstić information content (AvgIpc) is 2.12. The zero-order valence-corrected chi connectivity index (χ0v) is 10.1. The normalized spacial score (nSPS) is 11.8. The number of aryl methyl sites for hydroxylation is 1. The molecule has 0 spiro atoms. The highest BCUT2D eigenvalue weighted by Crippen LogP contribution is 2.34. The van der Waals surface area contributed by atoms with Crippen molar-refractivity contribution in [1.82, 2.24) is 0 Å². The highest BCUT2D eigenvalue weighted by atomic mass is 79.9. The van der Waals surface area contributed by atoms with E-state index in [0.29, 0.717) is 12.0 Å². The number of halogens is 5. The van der Waals surface area contributed by atoms with E-state index < -0.39 is 16.8 Å². The number of rotatable bonds is 4. The Morgan fingerprint density at radius 3 is 2.47 bits per heavy atom. The maximum Gasteiger partial charge on any atom is 0.351 e. The molecule has 0 radical (unpaired) electrons. The molecule has 0 N–H and O–H groups in total. The van der Waals surface area contributed by atoms with E-state index in [2.05, 4.69) is 15.9 Å². The van der Waals surface area contributed by atoms with Crippen LogP contribution in [0.4, 0.5) is 13.2 Å². The first-order valence-corrected chi connectivity index (χ1v) is 5.86. The molecule has 1 aromatic carbocycles. The lowest BCUT2D eigenvalue weighted by molar-refractivity contribution is 0.0906. The van der Waals surface area contributed by atoms with Crippen LogP contribution in [0.3, 0.4) is 0 Å². The number of benzene rings is 1. The Kier molecular flexibility index (Phi) is 4.46. The van der Waals surface area contributed by atoms with Gasteiger partial charge < -0.3 is 0 Å². The second-order valence-electron chi connectivity index (χ2n) is 3.10. The monoisotopic (exact) mass is 300 g/mol. The molecule has 0 saturated heterocycles. The first-order chi connectivity index (χ1) is 6.95. The Morgan fingerprint density at radius 1 is 1.33 bits per heavy atom. The second kappa shape index (κ2) is 5.21. The molecule has 15 heavy (non-hydrogen) atoms. The van der Waals surface area contributed by atoms with Crippen LogP contribution in [-0.4, -0.2) is 5.33 Å². The summed E-state index contributed by atoms with van der Waals surface area (Å²) >= 11 is 7.98. The van der Waals surface area contributed by atoms with E-state index in [1.54, 1.807) is 0 Å². The first kappa shape index (κ1) is 12.8. The van der Waals surface area contributed by atoms with Gasteiger partial charge in [0.05, 0.1) is 5.56 Å². The number of hydrogen-bond acceptors (Lipinski definition) is 0. The Balaban J connectivity index is 2.89. The summed E-state index contributed by atoms with van der Waals surface area (Å²) in [6, 6.07) is 3.61. The third-order valence-corrected chi connectivity index (χ3v) is 2.70. The van der Waals surface area contributed by atoms with E-state index in [1.807, 2.05) is 0 Å².